The van der Waals surface area contributed by atoms with Crippen molar-refractivity contribution in [3.8, 4) is 0 Å². The molecule has 0 aliphatic carbocycles. The number of benzene rings is 1. The van der Waals surface area contributed by atoms with Gasteiger partial charge in [-0.2, -0.15) is 0 Å². The van der Waals surface area contributed by atoms with Crippen LogP contribution in [0.25, 0.3) is 0 Å². The molecule has 0 spiro atoms. The van der Waals surface area contributed by atoms with Gasteiger partial charge in [-0.1, -0.05) is 12.1 Å². The Morgan fingerprint density at radius 1 is 1.00 bits per heavy atom. The molecule has 0 aliphatic rings. The number of aryl methyl sites for hydroxylation is 3. The molecule has 0 fully saturated rings. The summed E-state index contributed by atoms with van der Waals surface area (Å²) in [4.78, 5) is 2.28. The third kappa shape index (κ3) is 3.80. The summed E-state index contributed by atoms with van der Waals surface area (Å²) in [6.45, 7) is 8.59. The van der Waals surface area contributed by atoms with Crippen LogP contribution in [-0.4, -0.2) is 30.9 Å². The fourth-order valence-corrected chi connectivity index (χ4v) is 2.15. The van der Waals surface area contributed by atoms with E-state index in [1.165, 1.54) is 22.3 Å². The minimum Gasteiger partial charge on any atom is -0.305 e. The molecule has 90 valence electrons. The predicted molar refractivity (Wildman–Crippen MR) is 72.6 cm³/mol. The van der Waals surface area contributed by atoms with Gasteiger partial charge in [0.05, 0.1) is 0 Å². The van der Waals surface area contributed by atoms with E-state index < -0.39 is 0 Å². The zero-order valence-electron chi connectivity index (χ0n) is 10.8. The van der Waals surface area contributed by atoms with Crippen molar-refractivity contribution < 1.29 is 0 Å². The first-order valence-electron chi connectivity index (χ1n) is 5.86. The van der Waals surface area contributed by atoms with E-state index in [4.69, 9.17) is 11.6 Å². The summed E-state index contributed by atoms with van der Waals surface area (Å²) in [6.07, 6.45) is 1.11. The monoisotopic (exact) mass is 239 g/mol. The van der Waals surface area contributed by atoms with Gasteiger partial charge in [-0.05, 0) is 56.5 Å². The fourth-order valence-electron chi connectivity index (χ4n) is 1.86. The van der Waals surface area contributed by atoms with Gasteiger partial charge in [0, 0.05) is 19.0 Å². The number of rotatable bonds is 5. The van der Waals surface area contributed by atoms with Gasteiger partial charge in [-0.3, -0.25) is 0 Å². The van der Waals surface area contributed by atoms with Crippen LogP contribution in [0.3, 0.4) is 0 Å². The lowest BCUT2D eigenvalue weighted by Crippen LogP contribution is -2.23. The zero-order chi connectivity index (χ0) is 12.1. The maximum Gasteiger partial charge on any atom is 0.0351 e. The first-order chi connectivity index (χ1) is 7.54. The summed E-state index contributed by atoms with van der Waals surface area (Å²) < 4.78 is 0. The smallest absolute Gasteiger partial charge is 0.0351 e. The second-order valence-corrected chi connectivity index (χ2v) is 4.98. The van der Waals surface area contributed by atoms with Crippen LogP contribution >= 0.6 is 11.6 Å². The molecule has 0 aliphatic heterocycles. The van der Waals surface area contributed by atoms with E-state index in [1.807, 2.05) is 0 Å². The Balaban J connectivity index is 2.63. The average molecular weight is 240 g/mol. The van der Waals surface area contributed by atoms with E-state index in [-0.39, 0.29) is 0 Å². The standard InChI is InChI=1S/C14H22ClN/c1-11-9-13(3)14(10-12(11)2)5-7-16(4)8-6-15/h9-10H,5-8H2,1-4H3. The van der Waals surface area contributed by atoms with Crippen LogP contribution in [0.4, 0.5) is 0 Å². The number of hydrogen-bond donors (Lipinski definition) is 0. The van der Waals surface area contributed by atoms with E-state index >= 15 is 0 Å². The van der Waals surface area contributed by atoms with Crippen molar-refractivity contribution in [2.45, 2.75) is 27.2 Å². The van der Waals surface area contributed by atoms with E-state index in [2.05, 4.69) is 44.9 Å². The Hall–Kier alpha value is -0.530. The molecule has 0 atom stereocenters. The van der Waals surface area contributed by atoms with Gasteiger partial charge in [0.15, 0.2) is 0 Å². The quantitative estimate of drug-likeness (QED) is 0.713. The highest BCUT2D eigenvalue weighted by Crippen LogP contribution is 2.15. The topological polar surface area (TPSA) is 3.24 Å². The normalized spacial score (nSPS) is 11.1. The molecular formula is C14H22ClN. The summed E-state index contributed by atoms with van der Waals surface area (Å²) >= 11 is 5.71. The van der Waals surface area contributed by atoms with Gasteiger partial charge in [0.2, 0.25) is 0 Å². The van der Waals surface area contributed by atoms with Crippen molar-refractivity contribution in [1.29, 1.82) is 0 Å². The molecule has 1 aromatic carbocycles. The van der Waals surface area contributed by atoms with Crippen LogP contribution in [0.15, 0.2) is 12.1 Å². The zero-order valence-corrected chi connectivity index (χ0v) is 11.6. The van der Waals surface area contributed by atoms with Crippen LogP contribution in [0.5, 0.6) is 0 Å². The summed E-state index contributed by atoms with van der Waals surface area (Å²) in [6, 6.07) is 4.60. The molecule has 0 bridgehead atoms. The maximum absolute atomic E-state index is 5.71. The molecule has 0 radical (unpaired) electrons. The summed E-state index contributed by atoms with van der Waals surface area (Å²) in [7, 11) is 2.12. The van der Waals surface area contributed by atoms with Crippen molar-refractivity contribution >= 4 is 11.6 Å². The largest absolute Gasteiger partial charge is 0.305 e. The first kappa shape index (κ1) is 13.5. The van der Waals surface area contributed by atoms with Crippen molar-refractivity contribution in [3.63, 3.8) is 0 Å². The number of hydrogen-bond acceptors (Lipinski definition) is 1. The van der Waals surface area contributed by atoms with Crippen molar-refractivity contribution in [2.24, 2.45) is 0 Å². The molecule has 0 aromatic heterocycles. The average Bonchev–Trinajstić information content (AvgIpc) is 2.22. The highest BCUT2D eigenvalue weighted by Gasteiger charge is 2.03. The summed E-state index contributed by atoms with van der Waals surface area (Å²) in [5, 5.41) is 0. The number of nitrogens with zero attached hydrogens (tertiary/aromatic N) is 1. The van der Waals surface area contributed by atoms with Crippen LogP contribution < -0.4 is 0 Å². The SMILES string of the molecule is Cc1cc(C)c(CCN(C)CCCl)cc1C. The van der Waals surface area contributed by atoms with Crippen LogP contribution in [0, 0.1) is 20.8 Å². The molecule has 1 nitrogen and oxygen atoms in total. The maximum atomic E-state index is 5.71. The number of likely N-dealkylation sites (N-methyl/N-ethyl adjacent to an activating group) is 1. The molecule has 1 rings (SSSR count). The molecule has 0 saturated heterocycles. The molecule has 16 heavy (non-hydrogen) atoms. The van der Waals surface area contributed by atoms with Crippen molar-refractivity contribution in [2.75, 3.05) is 26.0 Å². The first-order valence-corrected chi connectivity index (χ1v) is 6.39. The molecule has 0 unspecified atom stereocenters. The Morgan fingerprint density at radius 3 is 2.25 bits per heavy atom. The van der Waals surface area contributed by atoms with Crippen LogP contribution in [-0.2, 0) is 6.42 Å². The predicted octanol–water partition coefficient (Wildman–Crippen LogP) is 3.32. The second kappa shape index (κ2) is 6.27. The van der Waals surface area contributed by atoms with Gasteiger partial charge < -0.3 is 4.90 Å². The Kier molecular flexibility index (Phi) is 5.30. The van der Waals surface area contributed by atoms with Gasteiger partial charge in [0.1, 0.15) is 0 Å². The van der Waals surface area contributed by atoms with Crippen LogP contribution in [0.2, 0.25) is 0 Å². The molecule has 1 aromatic rings. The lowest BCUT2D eigenvalue weighted by Gasteiger charge is -2.16. The molecular weight excluding hydrogens is 218 g/mol. The number of halogens is 1. The summed E-state index contributed by atoms with van der Waals surface area (Å²) in [5.41, 5.74) is 5.64. The van der Waals surface area contributed by atoms with E-state index in [0.29, 0.717) is 5.88 Å². The highest BCUT2D eigenvalue weighted by molar-refractivity contribution is 6.18. The molecule has 0 N–H and O–H groups in total. The number of alkyl halides is 1. The molecule has 0 saturated carbocycles. The van der Waals surface area contributed by atoms with E-state index in [1.54, 1.807) is 0 Å². The van der Waals surface area contributed by atoms with E-state index in [0.717, 1.165) is 19.5 Å². The van der Waals surface area contributed by atoms with Gasteiger partial charge in [0.25, 0.3) is 0 Å². The van der Waals surface area contributed by atoms with Gasteiger partial charge in [-0.15, -0.1) is 11.6 Å². The molecule has 0 amide bonds. The lowest BCUT2D eigenvalue weighted by molar-refractivity contribution is 0.359. The Morgan fingerprint density at radius 2 is 1.62 bits per heavy atom. The molecule has 2 heteroatoms. The third-order valence-corrected chi connectivity index (χ3v) is 3.35. The minimum absolute atomic E-state index is 0.711. The Bertz CT molecular complexity index is 347. The lowest BCUT2D eigenvalue weighted by atomic mass is 9.99. The van der Waals surface area contributed by atoms with Gasteiger partial charge >= 0.3 is 0 Å². The third-order valence-electron chi connectivity index (χ3n) is 3.18. The van der Waals surface area contributed by atoms with Crippen molar-refractivity contribution in [3.05, 3.63) is 34.4 Å². The van der Waals surface area contributed by atoms with Crippen molar-refractivity contribution in [1.82, 2.24) is 4.90 Å². The highest BCUT2D eigenvalue weighted by atomic mass is 35.5. The van der Waals surface area contributed by atoms with Crippen LogP contribution in [0.1, 0.15) is 22.3 Å². The van der Waals surface area contributed by atoms with Gasteiger partial charge in [-0.25, -0.2) is 0 Å². The fraction of sp³-hybridized carbons (Fsp3) is 0.571. The Labute approximate surface area is 104 Å². The summed E-state index contributed by atoms with van der Waals surface area (Å²) in [5.74, 6) is 0.711. The molecule has 0 heterocycles. The van der Waals surface area contributed by atoms with E-state index in [9.17, 15) is 0 Å². The minimum atomic E-state index is 0.711. The second-order valence-electron chi connectivity index (χ2n) is 4.61.